The van der Waals surface area contributed by atoms with Crippen LogP contribution in [-0.4, -0.2) is 4.98 Å². The first-order valence-electron chi connectivity index (χ1n) is 7.01. The van der Waals surface area contributed by atoms with Crippen LogP contribution in [0.4, 0.5) is 5.82 Å². The third-order valence-electron chi connectivity index (χ3n) is 3.41. The quantitative estimate of drug-likeness (QED) is 0.782. The zero-order chi connectivity index (χ0) is 14.5. The summed E-state index contributed by atoms with van der Waals surface area (Å²) in [5.74, 6) is 1.42. The van der Waals surface area contributed by atoms with Gasteiger partial charge in [0.25, 0.3) is 0 Å². The molecule has 1 aromatic heterocycles. The number of hydrogen-bond acceptors (Lipinski definition) is 2. The van der Waals surface area contributed by atoms with E-state index in [0.29, 0.717) is 5.92 Å². The molecular weight excluding hydrogens is 244 g/mol. The zero-order valence-electron chi connectivity index (χ0n) is 12.4. The van der Waals surface area contributed by atoms with Gasteiger partial charge in [-0.25, -0.2) is 4.98 Å². The second kappa shape index (κ2) is 6.38. The van der Waals surface area contributed by atoms with Crippen molar-refractivity contribution >= 4 is 5.82 Å². The molecule has 1 N–H and O–H groups in total. The van der Waals surface area contributed by atoms with Crippen molar-refractivity contribution in [3.8, 4) is 0 Å². The molecule has 0 aliphatic rings. The van der Waals surface area contributed by atoms with Crippen molar-refractivity contribution in [3.63, 3.8) is 0 Å². The van der Waals surface area contributed by atoms with E-state index in [2.05, 4.69) is 61.1 Å². The van der Waals surface area contributed by atoms with Crippen LogP contribution in [0.3, 0.4) is 0 Å². The second-order valence-electron chi connectivity index (χ2n) is 5.40. The smallest absolute Gasteiger partial charge is 0.126 e. The Morgan fingerprint density at radius 2 is 1.70 bits per heavy atom. The molecule has 0 amide bonds. The highest BCUT2D eigenvalue weighted by molar-refractivity contribution is 5.41. The SMILES string of the molecule is C=CC(Nc1ccc(C)cn1)c1ccc(C(C)C)cc1. The van der Waals surface area contributed by atoms with Crippen LogP contribution >= 0.6 is 0 Å². The van der Waals surface area contributed by atoms with Gasteiger partial charge in [0.15, 0.2) is 0 Å². The lowest BCUT2D eigenvalue weighted by molar-refractivity contribution is 0.862. The lowest BCUT2D eigenvalue weighted by atomic mass is 9.99. The highest BCUT2D eigenvalue weighted by atomic mass is 15.0. The van der Waals surface area contributed by atoms with E-state index in [1.165, 1.54) is 11.1 Å². The van der Waals surface area contributed by atoms with E-state index in [9.17, 15) is 0 Å². The molecule has 0 aliphatic carbocycles. The van der Waals surface area contributed by atoms with Gasteiger partial charge in [0.2, 0.25) is 0 Å². The lowest BCUT2D eigenvalue weighted by Crippen LogP contribution is -2.09. The molecule has 2 rings (SSSR count). The summed E-state index contributed by atoms with van der Waals surface area (Å²) in [6.45, 7) is 10.4. The van der Waals surface area contributed by atoms with Crippen LogP contribution in [0.5, 0.6) is 0 Å². The lowest BCUT2D eigenvalue weighted by Gasteiger charge is -2.17. The molecule has 2 nitrogen and oxygen atoms in total. The first-order valence-corrected chi connectivity index (χ1v) is 7.01. The molecule has 0 bridgehead atoms. The molecule has 1 heterocycles. The van der Waals surface area contributed by atoms with Crippen molar-refractivity contribution in [1.82, 2.24) is 4.98 Å². The summed E-state index contributed by atoms with van der Waals surface area (Å²) < 4.78 is 0. The largest absolute Gasteiger partial charge is 0.360 e. The van der Waals surface area contributed by atoms with E-state index in [0.717, 1.165) is 11.4 Å². The van der Waals surface area contributed by atoms with Crippen molar-refractivity contribution < 1.29 is 0 Å². The molecule has 0 spiro atoms. The number of aromatic nitrogens is 1. The van der Waals surface area contributed by atoms with Gasteiger partial charge in [-0.3, -0.25) is 0 Å². The van der Waals surface area contributed by atoms with Gasteiger partial charge in [0.05, 0.1) is 6.04 Å². The Hall–Kier alpha value is -2.09. The molecule has 0 radical (unpaired) electrons. The Morgan fingerprint density at radius 3 is 2.20 bits per heavy atom. The third kappa shape index (κ3) is 3.47. The van der Waals surface area contributed by atoms with Gasteiger partial charge >= 0.3 is 0 Å². The Kier molecular flexibility index (Phi) is 4.57. The van der Waals surface area contributed by atoms with Crippen molar-refractivity contribution in [2.75, 3.05) is 5.32 Å². The molecule has 0 saturated heterocycles. The maximum absolute atomic E-state index is 4.38. The van der Waals surface area contributed by atoms with Crippen LogP contribution in [0.1, 0.15) is 42.5 Å². The highest BCUT2D eigenvalue weighted by Crippen LogP contribution is 2.22. The fourth-order valence-electron chi connectivity index (χ4n) is 2.08. The summed E-state index contributed by atoms with van der Waals surface area (Å²) in [6.07, 6.45) is 3.77. The first kappa shape index (κ1) is 14.3. The predicted octanol–water partition coefficient (Wildman–Crippen LogP) is 4.85. The Morgan fingerprint density at radius 1 is 1.05 bits per heavy atom. The van der Waals surface area contributed by atoms with Gasteiger partial charge in [-0.05, 0) is 35.6 Å². The van der Waals surface area contributed by atoms with Crippen LogP contribution in [0.25, 0.3) is 0 Å². The standard InChI is InChI=1S/C18H22N2/c1-5-17(20-18-11-6-14(4)12-19-18)16-9-7-15(8-10-16)13(2)3/h5-13,17H,1H2,2-4H3,(H,19,20). The molecule has 0 aliphatic heterocycles. The van der Waals surface area contributed by atoms with E-state index in [1.807, 2.05) is 25.3 Å². The van der Waals surface area contributed by atoms with Gasteiger partial charge in [0, 0.05) is 6.20 Å². The van der Waals surface area contributed by atoms with Crippen molar-refractivity contribution in [3.05, 3.63) is 71.9 Å². The number of benzene rings is 1. The molecular formula is C18H22N2. The predicted molar refractivity (Wildman–Crippen MR) is 86.1 cm³/mol. The average molecular weight is 266 g/mol. The monoisotopic (exact) mass is 266 g/mol. The van der Waals surface area contributed by atoms with Crippen LogP contribution in [-0.2, 0) is 0 Å². The fraction of sp³-hybridized carbons (Fsp3) is 0.278. The molecule has 2 heteroatoms. The number of pyridine rings is 1. The maximum Gasteiger partial charge on any atom is 0.126 e. The van der Waals surface area contributed by atoms with Crippen LogP contribution < -0.4 is 5.32 Å². The number of nitrogens with zero attached hydrogens (tertiary/aromatic N) is 1. The summed E-state index contributed by atoms with van der Waals surface area (Å²) in [5, 5.41) is 3.39. The molecule has 1 aromatic carbocycles. The van der Waals surface area contributed by atoms with Gasteiger partial charge in [-0.15, -0.1) is 6.58 Å². The molecule has 20 heavy (non-hydrogen) atoms. The number of nitrogens with one attached hydrogen (secondary N) is 1. The molecule has 1 atom stereocenters. The minimum atomic E-state index is 0.0754. The summed E-state index contributed by atoms with van der Waals surface area (Å²) in [7, 11) is 0. The van der Waals surface area contributed by atoms with Crippen LogP contribution in [0, 0.1) is 6.92 Å². The maximum atomic E-state index is 4.38. The van der Waals surface area contributed by atoms with Crippen LogP contribution in [0.2, 0.25) is 0 Å². The van der Waals surface area contributed by atoms with Gasteiger partial charge in [-0.1, -0.05) is 50.3 Å². The highest BCUT2D eigenvalue weighted by Gasteiger charge is 2.08. The number of anilines is 1. The average Bonchev–Trinajstić information content (AvgIpc) is 2.47. The third-order valence-corrected chi connectivity index (χ3v) is 3.41. The molecule has 104 valence electrons. The number of aryl methyl sites for hydroxylation is 1. The summed E-state index contributed by atoms with van der Waals surface area (Å²) >= 11 is 0. The normalized spacial score (nSPS) is 12.2. The van der Waals surface area contributed by atoms with Crippen molar-refractivity contribution in [2.45, 2.75) is 32.7 Å². The van der Waals surface area contributed by atoms with Crippen molar-refractivity contribution in [2.24, 2.45) is 0 Å². The van der Waals surface area contributed by atoms with Gasteiger partial charge in [-0.2, -0.15) is 0 Å². The second-order valence-corrected chi connectivity index (χ2v) is 5.40. The minimum Gasteiger partial charge on any atom is -0.360 e. The minimum absolute atomic E-state index is 0.0754. The molecule has 2 aromatic rings. The Balaban J connectivity index is 2.15. The number of rotatable bonds is 5. The van der Waals surface area contributed by atoms with Crippen LogP contribution in [0.15, 0.2) is 55.3 Å². The van der Waals surface area contributed by atoms with E-state index < -0.39 is 0 Å². The van der Waals surface area contributed by atoms with Gasteiger partial charge < -0.3 is 5.32 Å². The molecule has 0 saturated carbocycles. The first-order chi connectivity index (χ1) is 9.60. The Labute approximate surface area is 121 Å². The fourth-order valence-corrected chi connectivity index (χ4v) is 2.08. The topological polar surface area (TPSA) is 24.9 Å². The molecule has 1 unspecified atom stereocenters. The van der Waals surface area contributed by atoms with Gasteiger partial charge in [0.1, 0.15) is 5.82 Å². The zero-order valence-corrected chi connectivity index (χ0v) is 12.4. The number of hydrogen-bond donors (Lipinski definition) is 1. The summed E-state index contributed by atoms with van der Waals surface area (Å²) in [4.78, 5) is 4.38. The summed E-state index contributed by atoms with van der Waals surface area (Å²) in [5.41, 5.74) is 3.71. The van der Waals surface area contributed by atoms with E-state index in [-0.39, 0.29) is 6.04 Å². The van der Waals surface area contributed by atoms with E-state index >= 15 is 0 Å². The van der Waals surface area contributed by atoms with E-state index in [1.54, 1.807) is 0 Å². The Bertz CT molecular complexity index is 553. The van der Waals surface area contributed by atoms with E-state index in [4.69, 9.17) is 0 Å². The summed E-state index contributed by atoms with van der Waals surface area (Å²) in [6, 6.07) is 12.8. The van der Waals surface area contributed by atoms with Crippen molar-refractivity contribution in [1.29, 1.82) is 0 Å². The molecule has 0 fully saturated rings.